The Kier molecular flexibility index (Phi) is 2.80. The van der Waals surface area contributed by atoms with E-state index < -0.39 is 0 Å². The Morgan fingerprint density at radius 2 is 1.83 bits per heavy atom. The fraction of sp³-hybridized carbons (Fsp3) is 0. The number of aromatic nitrogens is 1. The summed E-state index contributed by atoms with van der Waals surface area (Å²) in [4.78, 5) is 3.13. The largest absolute Gasteiger partial charge is 0.455 e. The number of rotatable bonds is 2. The van der Waals surface area contributed by atoms with Gasteiger partial charge in [-0.05, 0) is 42.5 Å². The molecule has 0 amide bonds. The summed E-state index contributed by atoms with van der Waals surface area (Å²) in [5.41, 5.74) is 0.996. The molecule has 1 aromatic heterocycles. The molecule has 2 aromatic carbocycles. The second-order valence-corrected chi connectivity index (χ2v) is 4.81. The molecule has 0 fully saturated rings. The number of H-pyrrole nitrogens is 1. The first-order valence-corrected chi connectivity index (χ1v) is 6.22. The number of fused-ring (bicyclic) bond motifs is 1. The van der Waals surface area contributed by atoms with Gasteiger partial charge in [-0.3, -0.25) is 0 Å². The SMILES string of the molecule is Fc1ccc(Oc2c[nH]c3ccc(Br)cc23)cc1. The standard InChI is InChI=1S/C14H9BrFNO/c15-9-1-6-13-12(7-9)14(8-17-13)18-11-4-2-10(16)3-5-11/h1-8,17H. The lowest BCUT2D eigenvalue weighted by Gasteiger charge is -2.03. The van der Waals surface area contributed by atoms with Crippen molar-refractivity contribution in [3.05, 3.63) is 59.0 Å². The maximum atomic E-state index is 12.8. The van der Waals surface area contributed by atoms with Crippen LogP contribution in [0.4, 0.5) is 4.39 Å². The molecule has 1 N–H and O–H groups in total. The minimum Gasteiger partial charge on any atom is -0.455 e. The lowest BCUT2D eigenvalue weighted by molar-refractivity contribution is 0.486. The topological polar surface area (TPSA) is 25.0 Å². The van der Waals surface area contributed by atoms with Crippen molar-refractivity contribution in [2.45, 2.75) is 0 Å². The monoisotopic (exact) mass is 305 g/mol. The second-order valence-electron chi connectivity index (χ2n) is 3.90. The fourth-order valence-electron chi connectivity index (χ4n) is 1.78. The van der Waals surface area contributed by atoms with Crippen LogP contribution >= 0.6 is 15.9 Å². The minimum absolute atomic E-state index is 0.274. The molecule has 0 spiro atoms. The molecular formula is C14H9BrFNO. The number of ether oxygens (including phenoxy) is 1. The molecule has 90 valence electrons. The van der Waals surface area contributed by atoms with Crippen LogP contribution in [0, 0.1) is 5.82 Å². The number of halogens is 2. The average Bonchev–Trinajstić information content (AvgIpc) is 2.75. The highest BCUT2D eigenvalue weighted by Crippen LogP contribution is 2.31. The summed E-state index contributed by atoms with van der Waals surface area (Å²) in [7, 11) is 0. The molecule has 2 nitrogen and oxygen atoms in total. The summed E-state index contributed by atoms with van der Waals surface area (Å²) in [6, 6.07) is 11.9. The van der Waals surface area contributed by atoms with Gasteiger partial charge >= 0.3 is 0 Å². The molecule has 18 heavy (non-hydrogen) atoms. The van der Waals surface area contributed by atoms with Crippen molar-refractivity contribution in [1.82, 2.24) is 4.98 Å². The number of hydrogen-bond acceptors (Lipinski definition) is 1. The quantitative estimate of drug-likeness (QED) is 0.718. The van der Waals surface area contributed by atoms with Crippen LogP contribution in [0.1, 0.15) is 0 Å². The third kappa shape index (κ3) is 2.11. The zero-order valence-electron chi connectivity index (χ0n) is 9.28. The summed E-state index contributed by atoms with van der Waals surface area (Å²) in [6.07, 6.45) is 1.79. The molecule has 0 aliphatic rings. The van der Waals surface area contributed by atoms with E-state index in [2.05, 4.69) is 20.9 Å². The molecule has 3 rings (SSSR count). The van der Waals surface area contributed by atoms with Crippen LogP contribution in [0.25, 0.3) is 10.9 Å². The Balaban J connectivity index is 1.99. The average molecular weight is 306 g/mol. The number of hydrogen-bond donors (Lipinski definition) is 1. The van der Waals surface area contributed by atoms with E-state index in [0.29, 0.717) is 5.75 Å². The Hall–Kier alpha value is -1.81. The van der Waals surface area contributed by atoms with E-state index in [9.17, 15) is 4.39 Å². The van der Waals surface area contributed by atoms with Crippen molar-refractivity contribution in [3.63, 3.8) is 0 Å². The van der Waals surface area contributed by atoms with Crippen LogP contribution in [0.2, 0.25) is 0 Å². The molecule has 0 atom stereocenters. The van der Waals surface area contributed by atoms with E-state index in [-0.39, 0.29) is 5.82 Å². The Morgan fingerprint density at radius 3 is 2.61 bits per heavy atom. The molecule has 0 bridgehead atoms. The summed E-state index contributed by atoms with van der Waals surface area (Å²) in [5.74, 6) is 1.05. The second kappa shape index (κ2) is 4.46. The van der Waals surface area contributed by atoms with Crippen molar-refractivity contribution in [2.24, 2.45) is 0 Å². The number of nitrogens with one attached hydrogen (secondary N) is 1. The van der Waals surface area contributed by atoms with Gasteiger partial charge in [-0.15, -0.1) is 0 Å². The zero-order valence-corrected chi connectivity index (χ0v) is 10.9. The minimum atomic E-state index is -0.274. The zero-order chi connectivity index (χ0) is 12.5. The maximum absolute atomic E-state index is 12.8. The van der Waals surface area contributed by atoms with Gasteiger partial charge in [-0.25, -0.2) is 4.39 Å². The van der Waals surface area contributed by atoms with Crippen LogP contribution in [0.5, 0.6) is 11.5 Å². The van der Waals surface area contributed by atoms with Crippen molar-refractivity contribution in [1.29, 1.82) is 0 Å². The van der Waals surface area contributed by atoms with Gasteiger partial charge in [-0.2, -0.15) is 0 Å². The van der Waals surface area contributed by atoms with Gasteiger partial charge in [0.05, 0.1) is 0 Å². The predicted molar refractivity (Wildman–Crippen MR) is 72.5 cm³/mol. The first-order valence-electron chi connectivity index (χ1n) is 5.42. The van der Waals surface area contributed by atoms with Gasteiger partial charge in [0.25, 0.3) is 0 Å². The molecule has 0 aliphatic carbocycles. The molecule has 0 aliphatic heterocycles. The van der Waals surface area contributed by atoms with E-state index in [0.717, 1.165) is 21.1 Å². The van der Waals surface area contributed by atoms with E-state index in [1.54, 1.807) is 18.3 Å². The van der Waals surface area contributed by atoms with Crippen molar-refractivity contribution in [2.75, 3.05) is 0 Å². The molecule has 1 heterocycles. The van der Waals surface area contributed by atoms with Crippen LogP contribution in [-0.2, 0) is 0 Å². The Bertz CT molecular complexity index is 691. The molecule has 0 radical (unpaired) electrons. The van der Waals surface area contributed by atoms with Crippen molar-refractivity contribution < 1.29 is 9.13 Å². The molecule has 3 aromatic rings. The van der Waals surface area contributed by atoms with E-state index in [1.807, 2.05) is 18.2 Å². The van der Waals surface area contributed by atoms with Crippen LogP contribution in [0.3, 0.4) is 0 Å². The molecule has 4 heteroatoms. The Labute approximate surface area is 112 Å². The fourth-order valence-corrected chi connectivity index (χ4v) is 2.14. The summed E-state index contributed by atoms with van der Waals surface area (Å²) < 4.78 is 19.5. The third-order valence-corrected chi connectivity index (χ3v) is 3.14. The summed E-state index contributed by atoms with van der Waals surface area (Å²) in [6.45, 7) is 0. The Morgan fingerprint density at radius 1 is 1.06 bits per heavy atom. The summed E-state index contributed by atoms with van der Waals surface area (Å²) >= 11 is 3.43. The number of aromatic amines is 1. The van der Waals surface area contributed by atoms with Gasteiger partial charge in [0.1, 0.15) is 11.6 Å². The predicted octanol–water partition coefficient (Wildman–Crippen LogP) is 4.86. The van der Waals surface area contributed by atoms with Gasteiger partial charge in [0.2, 0.25) is 0 Å². The smallest absolute Gasteiger partial charge is 0.152 e. The van der Waals surface area contributed by atoms with Crippen LogP contribution in [0.15, 0.2) is 53.1 Å². The molecule has 0 saturated heterocycles. The highest BCUT2D eigenvalue weighted by atomic mass is 79.9. The lowest BCUT2D eigenvalue weighted by atomic mass is 10.2. The molecular weight excluding hydrogens is 297 g/mol. The van der Waals surface area contributed by atoms with E-state index in [1.165, 1.54) is 12.1 Å². The highest BCUT2D eigenvalue weighted by Gasteiger charge is 2.06. The molecule has 0 saturated carbocycles. The normalized spacial score (nSPS) is 10.8. The number of benzene rings is 2. The van der Waals surface area contributed by atoms with Gasteiger partial charge in [-0.1, -0.05) is 15.9 Å². The van der Waals surface area contributed by atoms with Gasteiger partial charge in [0, 0.05) is 21.6 Å². The van der Waals surface area contributed by atoms with Crippen molar-refractivity contribution in [3.8, 4) is 11.5 Å². The first-order chi connectivity index (χ1) is 8.72. The van der Waals surface area contributed by atoms with Crippen molar-refractivity contribution >= 4 is 26.8 Å². The van der Waals surface area contributed by atoms with Gasteiger partial charge in [0.15, 0.2) is 5.75 Å². The van der Waals surface area contributed by atoms with Gasteiger partial charge < -0.3 is 9.72 Å². The van der Waals surface area contributed by atoms with E-state index >= 15 is 0 Å². The summed E-state index contributed by atoms with van der Waals surface area (Å²) in [5, 5.41) is 0.980. The maximum Gasteiger partial charge on any atom is 0.152 e. The highest BCUT2D eigenvalue weighted by molar-refractivity contribution is 9.10. The molecule has 0 unspecified atom stereocenters. The van der Waals surface area contributed by atoms with Crippen LogP contribution in [-0.4, -0.2) is 4.98 Å². The lowest BCUT2D eigenvalue weighted by Crippen LogP contribution is -1.83. The third-order valence-electron chi connectivity index (χ3n) is 2.65. The first kappa shape index (κ1) is 11.3. The van der Waals surface area contributed by atoms with E-state index in [4.69, 9.17) is 4.74 Å². The van der Waals surface area contributed by atoms with Crippen LogP contribution < -0.4 is 4.74 Å².